The van der Waals surface area contributed by atoms with Gasteiger partial charge in [-0.1, -0.05) is 30.3 Å². The molecule has 0 aliphatic rings. The number of anilines is 1. The largest absolute Gasteiger partial charge is 0.489 e. The van der Waals surface area contributed by atoms with E-state index in [1.165, 1.54) is 6.33 Å². The minimum absolute atomic E-state index is 0.0992. The van der Waals surface area contributed by atoms with E-state index in [0.29, 0.717) is 18.0 Å². The molecule has 0 radical (unpaired) electrons. The van der Waals surface area contributed by atoms with E-state index >= 15 is 0 Å². The molecule has 4 aromatic rings. The molecule has 0 saturated carbocycles. The number of amides is 1. The maximum absolute atomic E-state index is 12.2. The molecule has 8 heteroatoms. The maximum atomic E-state index is 12.2. The summed E-state index contributed by atoms with van der Waals surface area (Å²) >= 11 is 0. The lowest BCUT2D eigenvalue weighted by Gasteiger charge is -2.11. The van der Waals surface area contributed by atoms with Crippen LogP contribution in [-0.4, -0.2) is 32.7 Å². The Hall–Kier alpha value is -4.20. The van der Waals surface area contributed by atoms with Gasteiger partial charge in [0.05, 0.1) is 5.69 Å². The van der Waals surface area contributed by atoms with Crippen LogP contribution < -0.4 is 14.8 Å². The molecule has 1 aromatic heterocycles. The third-order valence-corrected chi connectivity index (χ3v) is 4.52. The first-order valence-electron chi connectivity index (χ1n) is 9.71. The predicted octanol–water partition coefficient (Wildman–Crippen LogP) is 3.57. The summed E-state index contributed by atoms with van der Waals surface area (Å²) in [7, 11) is 0. The van der Waals surface area contributed by atoms with Crippen LogP contribution in [0.25, 0.3) is 5.69 Å². The van der Waals surface area contributed by atoms with Crippen molar-refractivity contribution in [3.05, 3.63) is 90.3 Å². The lowest BCUT2D eigenvalue weighted by molar-refractivity contribution is -0.118. The minimum atomic E-state index is -0.251. The number of aryl methyl sites for hydroxylation is 1. The second-order valence-corrected chi connectivity index (χ2v) is 6.84. The smallest absolute Gasteiger partial charge is 0.262 e. The second-order valence-electron chi connectivity index (χ2n) is 6.84. The van der Waals surface area contributed by atoms with Crippen LogP contribution in [0.3, 0.4) is 0 Å². The first-order valence-corrected chi connectivity index (χ1v) is 9.71. The van der Waals surface area contributed by atoms with Gasteiger partial charge in [-0.25, -0.2) is 4.68 Å². The SMILES string of the molecule is Cc1cc(NC(=O)COc2ccc(OCc3ccccc3)cc2)ccc1-n1cnnn1. The number of aromatic nitrogens is 4. The standard InChI is InChI=1S/C23H21N5O3/c1-17-13-19(7-12-22(17)28-16-24-26-27-28)25-23(29)15-31-21-10-8-20(9-11-21)30-14-18-5-3-2-4-6-18/h2-13,16H,14-15H2,1H3,(H,25,29). The second kappa shape index (κ2) is 9.53. The van der Waals surface area contributed by atoms with Crippen LogP contribution in [0.5, 0.6) is 11.5 Å². The summed E-state index contributed by atoms with van der Waals surface area (Å²) in [4.78, 5) is 12.2. The van der Waals surface area contributed by atoms with Gasteiger partial charge in [-0.05, 0) is 70.9 Å². The Bertz CT molecular complexity index is 1130. The molecule has 4 rings (SSSR count). The van der Waals surface area contributed by atoms with E-state index in [0.717, 1.165) is 22.6 Å². The summed E-state index contributed by atoms with van der Waals surface area (Å²) in [5.41, 5.74) is 3.54. The lowest BCUT2D eigenvalue weighted by Crippen LogP contribution is -2.20. The highest BCUT2D eigenvalue weighted by Gasteiger charge is 2.08. The van der Waals surface area contributed by atoms with E-state index in [1.807, 2.05) is 61.5 Å². The third kappa shape index (κ3) is 5.45. The van der Waals surface area contributed by atoms with Gasteiger partial charge < -0.3 is 14.8 Å². The average Bonchev–Trinajstić information content (AvgIpc) is 3.32. The Kier molecular flexibility index (Phi) is 6.18. The third-order valence-electron chi connectivity index (χ3n) is 4.52. The molecule has 0 saturated heterocycles. The molecule has 0 spiro atoms. The molecule has 0 bridgehead atoms. The molecular weight excluding hydrogens is 394 g/mol. The van der Waals surface area contributed by atoms with Gasteiger partial charge in [0.15, 0.2) is 6.61 Å². The first-order chi connectivity index (χ1) is 15.2. The Morgan fingerprint density at radius 3 is 2.39 bits per heavy atom. The zero-order chi connectivity index (χ0) is 21.5. The van der Waals surface area contributed by atoms with Gasteiger partial charge in [0, 0.05) is 5.69 Å². The number of hydrogen-bond donors (Lipinski definition) is 1. The van der Waals surface area contributed by atoms with Crippen LogP contribution in [0.1, 0.15) is 11.1 Å². The zero-order valence-corrected chi connectivity index (χ0v) is 16.9. The Balaban J connectivity index is 1.26. The molecule has 31 heavy (non-hydrogen) atoms. The van der Waals surface area contributed by atoms with Crippen LogP contribution in [0, 0.1) is 6.92 Å². The number of hydrogen-bond acceptors (Lipinski definition) is 6. The molecule has 0 atom stereocenters. The quantitative estimate of drug-likeness (QED) is 0.473. The van der Waals surface area contributed by atoms with Gasteiger partial charge in [-0.3, -0.25) is 4.79 Å². The highest BCUT2D eigenvalue weighted by Crippen LogP contribution is 2.20. The fraction of sp³-hybridized carbons (Fsp3) is 0.130. The van der Waals surface area contributed by atoms with E-state index in [-0.39, 0.29) is 12.5 Å². The van der Waals surface area contributed by atoms with Crippen LogP contribution >= 0.6 is 0 Å². The van der Waals surface area contributed by atoms with Crippen molar-refractivity contribution in [2.75, 3.05) is 11.9 Å². The van der Waals surface area contributed by atoms with Gasteiger partial charge in [0.1, 0.15) is 24.4 Å². The van der Waals surface area contributed by atoms with Crippen molar-refractivity contribution in [2.45, 2.75) is 13.5 Å². The van der Waals surface area contributed by atoms with Crippen LogP contribution in [-0.2, 0) is 11.4 Å². The number of carbonyl (C=O) groups excluding carboxylic acids is 1. The normalized spacial score (nSPS) is 10.5. The Morgan fingerprint density at radius 2 is 1.71 bits per heavy atom. The molecule has 1 N–H and O–H groups in total. The summed E-state index contributed by atoms with van der Waals surface area (Å²) in [6.07, 6.45) is 1.52. The van der Waals surface area contributed by atoms with E-state index in [1.54, 1.807) is 22.9 Å². The number of carbonyl (C=O) groups is 1. The predicted molar refractivity (Wildman–Crippen MR) is 115 cm³/mol. The number of nitrogens with one attached hydrogen (secondary N) is 1. The number of tetrazole rings is 1. The van der Waals surface area contributed by atoms with Crippen molar-refractivity contribution < 1.29 is 14.3 Å². The lowest BCUT2D eigenvalue weighted by atomic mass is 10.2. The molecule has 8 nitrogen and oxygen atoms in total. The van der Waals surface area contributed by atoms with Crippen molar-refractivity contribution in [3.8, 4) is 17.2 Å². The fourth-order valence-electron chi connectivity index (χ4n) is 2.98. The number of ether oxygens (including phenoxy) is 2. The van der Waals surface area contributed by atoms with Crippen molar-refractivity contribution in [1.82, 2.24) is 20.2 Å². The highest BCUT2D eigenvalue weighted by atomic mass is 16.5. The molecule has 0 unspecified atom stereocenters. The van der Waals surface area contributed by atoms with Crippen LogP contribution in [0.2, 0.25) is 0 Å². The summed E-state index contributed by atoms with van der Waals surface area (Å²) < 4.78 is 12.9. The number of benzene rings is 3. The van der Waals surface area contributed by atoms with Crippen molar-refractivity contribution in [2.24, 2.45) is 0 Å². The van der Waals surface area contributed by atoms with Crippen LogP contribution in [0.15, 0.2) is 79.1 Å². The minimum Gasteiger partial charge on any atom is -0.489 e. The van der Waals surface area contributed by atoms with Crippen molar-refractivity contribution in [1.29, 1.82) is 0 Å². The van der Waals surface area contributed by atoms with E-state index in [2.05, 4.69) is 20.8 Å². The summed E-state index contributed by atoms with van der Waals surface area (Å²) in [5, 5.41) is 14.0. The van der Waals surface area contributed by atoms with Gasteiger partial charge in [0.25, 0.3) is 5.91 Å². The maximum Gasteiger partial charge on any atom is 0.262 e. The molecule has 0 aliphatic heterocycles. The van der Waals surface area contributed by atoms with Crippen LogP contribution in [0.4, 0.5) is 5.69 Å². The van der Waals surface area contributed by atoms with E-state index in [9.17, 15) is 4.79 Å². The zero-order valence-electron chi connectivity index (χ0n) is 16.9. The van der Waals surface area contributed by atoms with Gasteiger partial charge in [0.2, 0.25) is 0 Å². The number of nitrogens with zero attached hydrogens (tertiary/aromatic N) is 4. The van der Waals surface area contributed by atoms with Crippen molar-refractivity contribution in [3.63, 3.8) is 0 Å². The number of rotatable bonds is 8. The molecule has 1 heterocycles. The Labute approximate surface area is 179 Å². The van der Waals surface area contributed by atoms with Gasteiger partial charge in [-0.2, -0.15) is 0 Å². The summed E-state index contributed by atoms with van der Waals surface area (Å²) in [6.45, 7) is 2.32. The Morgan fingerprint density at radius 1 is 0.968 bits per heavy atom. The molecule has 1 amide bonds. The molecule has 0 aliphatic carbocycles. The molecule has 156 valence electrons. The first kappa shape index (κ1) is 20.1. The molecule has 0 fully saturated rings. The van der Waals surface area contributed by atoms with E-state index in [4.69, 9.17) is 9.47 Å². The van der Waals surface area contributed by atoms with Gasteiger partial charge in [-0.15, -0.1) is 5.10 Å². The van der Waals surface area contributed by atoms with E-state index < -0.39 is 0 Å². The van der Waals surface area contributed by atoms with Crippen molar-refractivity contribution >= 4 is 11.6 Å². The highest BCUT2D eigenvalue weighted by molar-refractivity contribution is 5.92. The fourth-order valence-corrected chi connectivity index (χ4v) is 2.98. The monoisotopic (exact) mass is 415 g/mol. The molecular formula is C23H21N5O3. The molecule has 3 aromatic carbocycles. The summed E-state index contributed by atoms with van der Waals surface area (Å²) in [5.74, 6) is 1.07. The summed E-state index contributed by atoms with van der Waals surface area (Å²) in [6, 6.07) is 22.6. The van der Waals surface area contributed by atoms with Gasteiger partial charge >= 0.3 is 0 Å². The average molecular weight is 415 g/mol. The topological polar surface area (TPSA) is 91.2 Å².